The lowest BCUT2D eigenvalue weighted by molar-refractivity contribution is 0.115. The molecule has 1 aromatic heterocycles. The summed E-state index contributed by atoms with van der Waals surface area (Å²) in [6.07, 6.45) is 5.57. The molecule has 3 heterocycles. The number of likely N-dealkylation sites (tertiary alicyclic amines) is 1. The molecule has 0 unspecified atom stereocenters. The van der Waals surface area contributed by atoms with Crippen molar-refractivity contribution in [3.05, 3.63) is 28.2 Å². The molecule has 6 nitrogen and oxygen atoms in total. The fourth-order valence-corrected chi connectivity index (χ4v) is 3.83. The molecule has 0 bridgehead atoms. The molecule has 0 amide bonds. The first-order valence-corrected chi connectivity index (χ1v) is 9.92. The van der Waals surface area contributed by atoms with E-state index in [-0.39, 0.29) is 5.56 Å². The van der Waals surface area contributed by atoms with Gasteiger partial charge in [-0.25, -0.2) is 4.68 Å². The molecule has 0 aliphatic carbocycles. The van der Waals surface area contributed by atoms with Crippen molar-refractivity contribution >= 4 is 0 Å². The summed E-state index contributed by atoms with van der Waals surface area (Å²) in [5, 5.41) is 4.32. The van der Waals surface area contributed by atoms with Gasteiger partial charge in [-0.3, -0.25) is 14.6 Å². The first kappa shape index (κ1) is 18.5. The van der Waals surface area contributed by atoms with E-state index in [4.69, 9.17) is 0 Å². The Morgan fingerprint density at radius 2 is 1.28 bits per heavy atom. The van der Waals surface area contributed by atoms with Crippen LogP contribution in [-0.2, 0) is 6.54 Å². The molecule has 0 saturated carbocycles. The zero-order chi connectivity index (χ0) is 17.5. The average molecular weight is 348 g/mol. The van der Waals surface area contributed by atoms with Gasteiger partial charge in [-0.05, 0) is 38.9 Å². The summed E-state index contributed by atoms with van der Waals surface area (Å²) in [7, 11) is 0. The van der Waals surface area contributed by atoms with Crippen LogP contribution in [0.15, 0.2) is 16.9 Å². The number of piperazine rings is 1. The molecule has 140 valence electrons. The first-order chi connectivity index (χ1) is 12.2. The summed E-state index contributed by atoms with van der Waals surface area (Å²) >= 11 is 0. The van der Waals surface area contributed by atoms with E-state index in [1.165, 1.54) is 51.9 Å². The Hall–Kier alpha value is -1.24. The highest BCUT2D eigenvalue weighted by molar-refractivity contribution is 4.97. The van der Waals surface area contributed by atoms with Gasteiger partial charge in [0.25, 0.3) is 5.56 Å². The van der Waals surface area contributed by atoms with Gasteiger partial charge in [-0.15, -0.1) is 0 Å². The number of hydrogen-bond donors (Lipinski definition) is 0. The number of rotatable bonds is 6. The van der Waals surface area contributed by atoms with Crippen LogP contribution in [0.4, 0.5) is 0 Å². The van der Waals surface area contributed by atoms with E-state index in [1.807, 2.05) is 6.92 Å². The molecule has 2 aliphatic heterocycles. The second-order valence-electron chi connectivity index (χ2n) is 7.48. The fourth-order valence-electron chi connectivity index (χ4n) is 3.83. The van der Waals surface area contributed by atoms with Crippen molar-refractivity contribution in [2.75, 3.05) is 58.9 Å². The molecule has 2 fully saturated rings. The molecule has 2 saturated heterocycles. The van der Waals surface area contributed by atoms with Crippen molar-refractivity contribution in [1.82, 2.24) is 24.5 Å². The van der Waals surface area contributed by atoms with Crippen molar-refractivity contribution in [2.45, 2.75) is 39.2 Å². The smallest absolute Gasteiger partial charge is 0.266 e. The van der Waals surface area contributed by atoms with Crippen molar-refractivity contribution in [3.8, 4) is 0 Å². The van der Waals surface area contributed by atoms with Gasteiger partial charge in [0, 0.05) is 51.9 Å². The molecule has 25 heavy (non-hydrogen) atoms. The topological polar surface area (TPSA) is 44.6 Å². The van der Waals surface area contributed by atoms with E-state index in [2.05, 4.69) is 19.8 Å². The highest BCUT2D eigenvalue weighted by Gasteiger charge is 2.18. The van der Waals surface area contributed by atoms with Crippen molar-refractivity contribution < 1.29 is 0 Å². The Morgan fingerprint density at radius 1 is 0.760 bits per heavy atom. The van der Waals surface area contributed by atoms with Crippen LogP contribution < -0.4 is 5.56 Å². The van der Waals surface area contributed by atoms with E-state index < -0.39 is 0 Å². The van der Waals surface area contributed by atoms with Gasteiger partial charge in [0.2, 0.25) is 0 Å². The molecular formula is C19H33N5O. The lowest BCUT2D eigenvalue weighted by Crippen LogP contribution is -2.49. The Morgan fingerprint density at radius 3 is 1.88 bits per heavy atom. The first-order valence-electron chi connectivity index (χ1n) is 9.92. The van der Waals surface area contributed by atoms with Crippen molar-refractivity contribution in [2.24, 2.45) is 0 Å². The second-order valence-corrected chi connectivity index (χ2v) is 7.48. The average Bonchev–Trinajstić information content (AvgIpc) is 2.90. The third-order valence-electron chi connectivity index (χ3n) is 5.52. The maximum absolute atomic E-state index is 11.8. The van der Waals surface area contributed by atoms with Gasteiger partial charge in [-0.2, -0.15) is 5.10 Å². The minimum absolute atomic E-state index is 0.00156. The lowest BCUT2D eigenvalue weighted by atomic mass is 10.2. The van der Waals surface area contributed by atoms with Crippen LogP contribution >= 0.6 is 0 Å². The van der Waals surface area contributed by atoms with E-state index in [1.54, 1.807) is 16.8 Å². The van der Waals surface area contributed by atoms with Gasteiger partial charge < -0.3 is 4.90 Å². The van der Waals surface area contributed by atoms with Gasteiger partial charge in [-0.1, -0.05) is 12.8 Å². The van der Waals surface area contributed by atoms with Crippen LogP contribution in [0.3, 0.4) is 0 Å². The fraction of sp³-hybridized carbons (Fsp3) is 0.789. The SMILES string of the molecule is Cc1ccc(=O)n(CCN2CCN(CCN3CCCCCC3)CC2)n1. The summed E-state index contributed by atoms with van der Waals surface area (Å²) in [4.78, 5) is 19.5. The second kappa shape index (κ2) is 9.46. The minimum Gasteiger partial charge on any atom is -0.302 e. The predicted octanol–water partition coefficient (Wildman–Crippen LogP) is 1.05. The monoisotopic (exact) mass is 347 g/mol. The maximum Gasteiger partial charge on any atom is 0.266 e. The summed E-state index contributed by atoms with van der Waals surface area (Å²) in [5.41, 5.74) is 0.902. The summed E-state index contributed by atoms with van der Waals surface area (Å²) in [5.74, 6) is 0. The quantitative estimate of drug-likeness (QED) is 0.770. The van der Waals surface area contributed by atoms with Gasteiger partial charge in [0.05, 0.1) is 12.2 Å². The zero-order valence-corrected chi connectivity index (χ0v) is 15.7. The van der Waals surface area contributed by atoms with E-state index in [0.29, 0.717) is 6.54 Å². The molecule has 2 aliphatic rings. The molecule has 0 spiro atoms. The molecule has 0 atom stereocenters. The van der Waals surface area contributed by atoms with Gasteiger partial charge >= 0.3 is 0 Å². The maximum atomic E-state index is 11.8. The van der Waals surface area contributed by atoms with Crippen LogP contribution in [0.5, 0.6) is 0 Å². The van der Waals surface area contributed by atoms with E-state index in [9.17, 15) is 4.79 Å². The molecule has 0 N–H and O–H groups in total. The molecular weight excluding hydrogens is 314 g/mol. The molecule has 6 heteroatoms. The number of aromatic nitrogens is 2. The van der Waals surface area contributed by atoms with E-state index in [0.717, 1.165) is 38.4 Å². The van der Waals surface area contributed by atoms with Gasteiger partial charge in [0.15, 0.2) is 0 Å². The van der Waals surface area contributed by atoms with E-state index >= 15 is 0 Å². The number of nitrogens with zero attached hydrogens (tertiary/aromatic N) is 5. The third kappa shape index (κ3) is 5.90. The molecule has 3 rings (SSSR count). The number of hydrogen-bond acceptors (Lipinski definition) is 5. The summed E-state index contributed by atoms with van der Waals surface area (Å²) in [6, 6.07) is 3.39. The molecule has 1 aromatic rings. The standard InChI is InChI=1S/C19H33N5O/c1-18-6-7-19(25)24(20-18)17-16-23-14-12-22(13-15-23)11-10-21-8-4-2-3-5-9-21/h6-7H,2-5,8-17H2,1H3. The van der Waals surface area contributed by atoms with Crippen LogP contribution in [-0.4, -0.2) is 83.4 Å². The van der Waals surface area contributed by atoms with Crippen LogP contribution in [0.1, 0.15) is 31.4 Å². The van der Waals surface area contributed by atoms with Crippen LogP contribution in [0, 0.1) is 6.92 Å². The van der Waals surface area contributed by atoms with Crippen LogP contribution in [0.25, 0.3) is 0 Å². The highest BCUT2D eigenvalue weighted by Crippen LogP contribution is 2.10. The molecule has 0 aromatic carbocycles. The minimum atomic E-state index is 0.00156. The van der Waals surface area contributed by atoms with Crippen molar-refractivity contribution in [3.63, 3.8) is 0 Å². The van der Waals surface area contributed by atoms with Crippen LogP contribution in [0.2, 0.25) is 0 Å². The lowest BCUT2D eigenvalue weighted by Gasteiger charge is -2.35. The normalized spacial score (nSPS) is 21.3. The Bertz CT molecular complexity index is 571. The zero-order valence-electron chi connectivity index (χ0n) is 15.7. The Balaban J connectivity index is 1.35. The van der Waals surface area contributed by atoms with Gasteiger partial charge in [0.1, 0.15) is 0 Å². The Kier molecular flexibility index (Phi) is 7.02. The summed E-state index contributed by atoms with van der Waals surface area (Å²) in [6.45, 7) is 13.0. The van der Waals surface area contributed by atoms with Crippen molar-refractivity contribution in [1.29, 1.82) is 0 Å². The molecule has 0 radical (unpaired) electrons. The highest BCUT2D eigenvalue weighted by atomic mass is 16.1. The Labute approximate surface area is 151 Å². The largest absolute Gasteiger partial charge is 0.302 e. The third-order valence-corrected chi connectivity index (χ3v) is 5.52. The number of aryl methyl sites for hydroxylation is 1. The summed E-state index contributed by atoms with van der Waals surface area (Å²) < 4.78 is 1.60. The predicted molar refractivity (Wildman–Crippen MR) is 101 cm³/mol.